The third-order valence-electron chi connectivity index (χ3n) is 4.24. The van der Waals surface area contributed by atoms with Crippen molar-refractivity contribution in [2.45, 2.75) is 19.4 Å². The molecule has 0 saturated carbocycles. The molecule has 1 saturated heterocycles. The number of nitrogens with zero attached hydrogens (tertiary/aromatic N) is 1. The normalized spacial score (nSPS) is 18.3. The van der Waals surface area contributed by atoms with Gasteiger partial charge in [0.1, 0.15) is 5.75 Å². The summed E-state index contributed by atoms with van der Waals surface area (Å²) in [5.41, 5.74) is 1.28. The van der Waals surface area contributed by atoms with Gasteiger partial charge in [0.25, 0.3) is 0 Å². The van der Waals surface area contributed by atoms with Gasteiger partial charge in [-0.3, -0.25) is 9.59 Å². The van der Waals surface area contributed by atoms with E-state index in [0.717, 1.165) is 5.56 Å². The van der Waals surface area contributed by atoms with Gasteiger partial charge in [-0.05, 0) is 31.0 Å². The van der Waals surface area contributed by atoms with Gasteiger partial charge in [-0.1, -0.05) is 6.07 Å². The summed E-state index contributed by atoms with van der Waals surface area (Å²) >= 11 is 0. The fraction of sp³-hybridized carbons (Fsp3) is 0.529. The number of nitrogens with one attached hydrogen (secondary N) is 1. The Bertz CT molecular complexity index is 777. The van der Waals surface area contributed by atoms with E-state index in [1.807, 2.05) is 13.0 Å². The lowest BCUT2D eigenvalue weighted by atomic mass is 10.2. The van der Waals surface area contributed by atoms with Crippen molar-refractivity contribution in [1.29, 1.82) is 0 Å². The summed E-state index contributed by atoms with van der Waals surface area (Å²) < 4.78 is 33.7. The Morgan fingerprint density at radius 1 is 1.31 bits per heavy atom. The van der Waals surface area contributed by atoms with E-state index < -0.39 is 27.7 Å². The standard InChI is InChI=1S/C17H24N2O6S/c1-12-4-5-15(25-3)14(10-12)18-16(20)17(21)19(7-8-24-2)13-6-9-26(22,23)11-13/h4-5,10,13H,6-9,11H2,1-3H3,(H,18,20). The average molecular weight is 384 g/mol. The van der Waals surface area contributed by atoms with Crippen LogP contribution in [0.15, 0.2) is 18.2 Å². The number of carbonyl (C=O) groups excluding carboxylic acids is 2. The Hall–Kier alpha value is -2.13. The molecule has 1 atom stereocenters. The molecule has 1 aromatic rings. The van der Waals surface area contributed by atoms with E-state index in [9.17, 15) is 18.0 Å². The highest BCUT2D eigenvalue weighted by atomic mass is 32.2. The highest BCUT2D eigenvalue weighted by molar-refractivity contribution is 7.91. The van der Waals surface area contributed by atoms with Crippen molar-refractivity contribution in [2.75, 3.05) is 44.2 Å². The summed E-state index contributed by atoms with van der Waals surface area (Å²) in [6.45, 7) is 2.21. The third kappa shape index (κ3) is 4.95. The SMILES string of the molecule is COCCN(C(=O)C(=O)Nc1cc(C)ccc1OC)C1CCS(=O)(=O)C1. The van der Waals surface area contributed by atoms with Crippen LogP contribution < -0.4 is 10.1 Å². The molecular weight excluding hydrogens is 360 g/mol. The van der Waals surface area contributed by atoms with Gasteiger partial charge >= 0.3 is 11.8 Å². The molecule has 2 amide bonds. The van der Waals surface area contributed by atoms with Crippen LogP contribution in [0.1, 0.15) is 12.0 Å². The lowest BCUT2D eigenvalue weighted by molar-refractivity contribution is -0.145. The van der Waals surface area contributed by atoms with Gasteiger partial charge in [-0.25, -0.2) is 8.42 Å². The molecule has 2 rings (SSSR count). The maximum absolute atomic E-state index is 12.7. The van der Waals surface area contributed by atoms with Crippen molar-refractivity contribution in [3.63, 3.8) is 0 Å². The van der Waals surface area contributed by atoms with Gasteiger partial charge in [0.2, 0.25) is 0 Å². The second kappa shape index (κ2) is 8.50. The van der Waals surface area contributed by atoms with Crippen LogP contribution in [-0.4, -0.2) is 70.1 Å². The van der Waals surface area contributed by atoms with E-state index in [0.29, 0.717) is 17.9 Å². The molecule has 1 aliphatic heterocycles. The van der Waals surface area contributed by atoms with E-state index in [2.05, 4.69) is 5.32 Å². The number of rotatable bonds is 6. The second-order valence-corrected chi connectivity index (χ2v) is 8.43. The largest absolute Gasteiger partial charge is 0.495 e. The van der Waals surface area contributed by atoms with Crippen molar-refractivity contribution in [1.82, 2.24) is 4.90 Å². The van der Waals surface area contributed by atoms with Crippen molar-refractivity contribution in [3.05, 3.63) is 23.8 Å². The smallest absolute Gasteiger partial charge is 0.314 e. The minimum atomic E-state index is -3.19. The molecule has 26 heavy (non-hydrogen) atoms. The molecule has 1 aromatic carbocycles. The van der Waals surface area contributed by atoms with Crippen molar-refractivity contribution in [3.8, 4) is 5.75 Å². The zero-order chi connectivity index (χ0) is 19.3. The number of hydrogen-bond acceptors (Lipinski definition) is 6. The number of hydrogen-bond donors (Lipinski definition) is 1. The average Bonchev–Trinajstić information content (AvgIpc) is 2.95. The highest BCUT2D eigenvalue weighted by Crippen LogP contribution is 2.25. The number of carbonyl (C=O) groups is 2. The molecule has 1 unspecified atom stereocenters. The maximum Gasteiger partial charge on any atom is 0.314 e. The number of anilines is 1. The summed E-state index contributed by atoms with van der Waals surface area (Å²) in [7, 11) is -0.240. The summed E-state index contributed by atoms with van der Waals surface area (Å²) in [6.07, 6.45) is 0.318. The van der Waals surface area contributed by atoms with Gasteiger partial charge in [-0.15, -0.1) is 0 Å². The molecule has 1 fully saturated rings. The Balaban J connectivity index is 2.17. The second-order valence-electron chi connectivity index (χ2n) is 6.21. The van der Waals surface area contributed by atoms with E-state index in [1.165, 1.54) is 19.1 Å². The van der Waals surface area contributed by atoms with Crippen molar-refractivity contribution < 1.29 is 27.5 Å². The van der Waals surface area contributed by atoms with Crippen LogP contribution in [-0.2, 0) is 24.2 Å². The van der Waals surface area contributed by atoms with E-state index in [-0.39, 0.29) is 24.7 Å². The van der Waals surface area contributed by atoms with Crippen LogP contribution in [0, 0.1) is 6.92 Å². The minimum absolute atomic E-state index is 0.0156. The molecule has 1 aliphatic rings. The first-order chi connectivity index (χ1) is 12.3. The topological polar surface area (TPSA) is 102 Å². The quantitative estimate of drug-likeness (QED) is 0.721. The van der Waals surface area contributed by atoms with E-state index in [1.54, 1.807) is 12.1 Å². The van der Waals surface area contributed by atoms with Crippen LogP contribution >= 0.6 is 0 Å². The summed E-state index contributed by atoms with van der Waals surface area (Å²) in [4.78, 5) is 26.4. The first-order valence-electron chi connectivity index (χ1n) is 8.23. The number of methoxy groups -OCH3 is 2. The zero-order valence-electron chi connectivity index (χ0n) is 15.1. The first-order valence-corrected chi connectivity index (χ1v) is 10.1. The van der Waals surface area contributed by atoms with Gasteiger partial charge in [0.15, 0.2) is 9.84 Å². The monoisotopic (exact) mass is 384 g/mol. The van der Waals surface area contributed by atoms with Gasteiger partial charge in [0, 0.05) is 19.7 Å². The molecule has 0 bridgehead atoms. The van der Waals surface area contributed by atoms with Crippen LogP contribution in [0.2, 0.25) is 0 Å². The maximum atomic E-state index is 12.7. The molecule has 8 nitrogen and oxygen atoms in total. The lowest BCUT2D eigenvalue weighted by Gasteiger charge is -2.27. The molecule has 0 radical (unpaired) electrons. The van der Waals surface area contributed by atoms with Crippen LogP contribution in [0.3, 0.4) is 0 Å². The summed E-state index contributed by atoms with van der Waals surface area (Å²) in [6, 6.07) is 4.70. The molecule has 1 N–H and O–H groups in total. The Kier molecular flexibility index (Phi) is 6.60. The fourth-order valence-corrected chi connectivity index (χ4v) is 4.62. The first kappa shape index (κ1) is 20.2. The minimum Gasteiger partial charge on any atom is -0.495 e. The molecule has 1 heterocycles. The third-order valence-corrected chi connectivity index (χ3v) is 5.99. The molecule has 0 aliphatic carbocycles. The molecule has 144 valence electrons. The number of sulfone groups is 1. The number of ether oxygens (including phenoxy) is 2. The highest BCUT2D eigenvalue weighted by Gasteiger charge is 2.36. The molecular formula is C17H24N2O6S. The van der Waals surface area contributed by atoms with Gasteiger partial charge < -0.3 is 19.7 Å². The van der Waals surface area contributed by atoms with Crippen molar-refractivity contribution >= 4 is 27.3 Å². The molecule has 0 aromatic heterocycles. The molecule has 0 spiro atoms. The van der Waals surface area contributed by atoms with Crippen LogP contribution in [0.4, 0.5) is 5.69 Å². The number of benzene rings is 1. The Labute approximate surface area is 153 Å². The van der Waals surface area contributed by atoms with Gasteiger partial charge in [0.05, 0.1) is 30.9 Å². The Morgan fingerprint density at radius 2 is 2.04 bits per heavy atom. The van der Waals surface area contributed by atoms with Crippen molar-refractivity contribution in [2.24, 2.45) is 0 Å². The predicted molar refractivity (Wildman–Crippen MR) is 97.0 cm³/mol. The Morgan fingerprint density at radius 3 is 2.62 bits per heavy atom. The fourth-order valence-electron chi connectivity index (χ4n) is 2.89. The summed E-state index contributed by atoms with van der Waals surface area (Å²) in [5.74, 6) is -1.31. The van der Waals surface area contributed by atoms with Gasteiger partial charge in [-0.2, -0.15) is 0 Å². The molecule has 9 heteroatoms. The van der Waals surface area contributed by atoms with E-state index in [4.69, 9.17) is 9.47 Å². The number of amides is 2. The zero-order valence-corrected chi connectivity index (χ0v) is 16.0. The van der Waals surface area contributed by atoms with Crippen LogP contribution in [0.5, 0.6) is 5.75 Å². The lowest BCUT2D eigenvalue weighted by Crippen LogP contribution is -2.48. The summed E-state index contributed by atoms with van der Waals surface area (Å²) in [5, 5.41) is 2.56. The number of aryl methyl sites for hydroxylation is 1. The van der Waals surface area contributed by atoms with E-state index >= 15 is 0 Å². The predicted octanol–water partition coefficient (Wildman–Crippen LogP) is 0.604. The van der Waals surface area contributed by atoms with Crippen LogP contribution in [0.25, 0.3) is 0 Å².